The summed E-state index contributed by atoms with van der Waals surface area (Å²) in [5, 5.41) is 0. The predicted octanol–water partition coefficient (Wildman–Crippen LogP) is 3.00. The van der Waals surface area contributed by atoms with Gasteiger partial charge in [0.25, 0.3) is 0 Å². The summed E-state index contributed by atoms with van der Waals surface area (Å²) >= 11 is 0. The first-order valence-corrected chi connectivity index (χ1v) is 5.31. The Bertz CT molecular complexity index is 450. The molecular formula is C13H15NO. The molecule has 0 saturated carbocycles. The van der Waals surface area contributed by atoms with Crippen molar-refractivity contribution >= 4 is 5.69 Å². The molecule has 2 heteroatoms. The van der Waals surface area contributed by atoms with Crippen molar-refractivity contribution in [2.45, 2.75) is 31.9 Å². The Kier molecular flexibility index (Phi) is 1.40. The van der Waals surface area contributed by atoms with Crippen molar-refractivity contribution in [1.82, 2.24) is 0 Å². The molecule has 3 rings (SSSR count). The molecule has 1 aromatic rings. The van der Waals surface area contributed by atoms with Crippen LogP contribution in [0.25, 0.3) is 0 Å². The quantitative estimate of drug-likeness (QED) is 0.639. The highest BCUT2D eigenvalue weighted by atomic mass is 16.5. The van der Waals surface area contributed by atoms with Gasteiger partial charge in [-0.3, -0.25) is 0 Å². The minimum Gasteiger partial charge on any atom is -0.473 e. The number of hydrogen-bond acceptors (Lipinski definition) is 2. The zero-order chi connectivity index (χ0) is 10.7. The van der Waals surface area contributed by atoms with Gasteiger partial charge in [0.15, 0.2) is 5.72 Å². The van der Waals surface area contributed by atoms with Crippen LogP contribution in [0.4, 0.5) is 5.69 Å². The summed E-state index contributed by atoms with van der Waals surface area (Å²) < 4.78 is 5.81. The van der Waals surface area contributed by atoms with Crippen molar-refractivity contribution in [3.05, 3.63) is 42.3 Å². The zero-order valence-corrected chi connectivity index (χ0v) is 9.32. The van der Waals surface area contributed by atoms with Gasteiger partial charge in [-0.05, 0) is 32.4 Å². The molecule has 2 aliphatic heterocycles. The molecule has 0 N–H and O–H groups in total. The molecule has 2 aliphatic rings. The third kappa shape index (κ3) is 0.811. The van der Waals surface area contributed by atoms with Gasteiger partial charge in [-0.15, -0.1) is 0 Å². The van der Waals surface area contributed by atoms with E-state index in [-0.39, 0.29) is 11.1 Å². The summed E-state index contributed by atoms with van der Waals surface area (Å²) in [6, 6.07) is 8.51. The fourth-order valence-corrected chi connectivity index (χ4v) is 2.64. The van der Waals surface area contributed by atoms with Crippen LogP contribution in [-0.4, -0.2) is 5.72 Å². The molecule has 15 heavy (non-hydrogen) atoms. The third-order valence-electron chi connectivity index (χ3n) is 3.96. The minimum atomic E-state index is -0.267. The Hall–Kier alpha value is -1.44. The van der Waals surface area contributed by atoms with E-state index >= 15 is 0 Å². The normalized spacial score (nSPS) is 29.9. The summed E-state index contributed by atoms with van der Waals surface area (Å²) in [4.78, 5) is 2.22. The van der Waals surface area contributed by atoms with E-state index in [0.29, 0.717) is 0 Å². The second-order valence-electron chi connectivity index (χ2n) is 4.90. The van der Waals surface area contributed by atoms with E-state index in [2.05, 4.69) is 49.9 Å². The summed E-state index contributed by atoms with van der Waals surface area (Å²) in [5.74, 6) is 0. The molecule has 1 atom stereocenters. The lowest BCUT2D eigenvalue weighted by Crippen LogP contribution is -2.50. The molecule has 0 spiro atoms. The van der Waals surface area contributed by atoms with Crippen molar-refractivity contribution in [2.24, 2.45) is 0 Å². The Morgan fingerprint density at radius 3 is 2.67 bits per heavy atom. The Morgan fingerprint density at radius 1 is 1.13 bits per heavy atom. The molecule has 1 aromatic carbocycles. The summed E-state index contributed by atoms with van der Waals surface area (Å²) in [7, 11) is 0. The Morgan fingerprint density at radius 2 is 1.87 bits per heavy atom. The first kappa shape index (κ1) is 8.84. The predicted molar refractivity (Wildman–Crippen MR) is 60.6 cm³/mol. The van der Waals surface area contributed by atoms with Crippen molar-refractivity contribution in [1.29, 1.82) is 0 Å². The van der Waals surface area contributed by atoms with Gasteiger partial charge in [0.05, 0.1) is 5.41 Å². The summed E-state index contributed by atoms with van der Waals surface area (Å²) in [5.41, 5.74) is 2.36. The van der Waals surface area contributed by atoms with E-state index in [4.69, 9.17) is 4.74 Å². The Labute approximate surface area is 90.2 Å². The number of anilines is 1. The van der Waals surface area contributed by atoms with Crippen LogP contribution in [0.3, 0.4) is 0 Å². The van der Waals surface area contributed by atoms with E-state index in [0.717, 1.165) is 0 Å². The fraction of sp³-hybridized carbons (Fsp3) is 0.385. The summed E-state index contributed by atoms with van der Waals surface area (Å²) in [6.07, 6.45) is 3.81. The van der Waals surface area contributed by atoms with Crippen molar-refractivity contribution in [3.8, 4) is 0 Å². The van der Waals surface area contributed by atoms with Gasteiger partial charge in [0, 0.05) is 11.9 Å². The lowest BCUT2D eigenvalue weighted by Gasteiger charge is -2.38. The second-order valence-corrected chi connectivity index (χ2v) is 4.90. The van der Waals surface area contributed by atoms with E-state index in [1.165, 1.54) is 11.3 Å². The van der Waals surface area contributed by atoms with Gasteiger partial charge in [0.1, 0.15) is 6.26 Å². The topological polar surface area (TPSA) is 12.5 Å². The smallest absolute Gasteiger partial charge is 0.192 e. The van der Waals surface area contributed by atoms with Crippen LogP contribution in [0.1, 0.15) is 26.3 Å². The molecule has 1 unspecified atom stereocenters. The number of benzene rings is 1. The minimum absolute atomic E-state index is 0.00704. The average molecular weight is 201 g/mol. The SMILES string of the molecule is CC1(C)c2ccccc2N2C=COC21C. The van der Waals surface area contributed by atoms with Gasteiger partial charge in [-0.2, -0.15) is 0 Å². The molecule has 0 radical (unpaired) electrons. The lowest BCUT2D eigenvalue weighted by atomic mass is 9.78. The molecule has 0 aromatic heterocycles. The van der Waals surface area contributed by atoms with Crippen LogP contribution in [0.5, 0.6) is 0 Å². The van der Waals surface area contributed by atoms with Crippen LogP contribution in [0.15, 0.2) is 36.7 Å². The molecule has 2 heterocycles. The molecule has 2 nitrogen and oxygen atoms in total. The highest BCUT2D eigenvalue weighted by Crippen LogP contribution is 2.53. The third-order valence-corrected chi connectivity index (χ3v) is 3.96. The van der Waals surface area contributed by atoms with Gasteiger partial charge in [-0.25, -0.2) is 0 Å². The molecule has 0 bridgehead atoms. The first-order valence-electron chi connectivity index (χ1n) is 5.31. The van der Waals surface area contributed by atoms with Crippen LogP contribution >= 0.6 is 0 Å². The molecule has 0 amide bonds. The number of para-hydroxylation sites is 1. The van der Waals surface area contributed by atoms with E-state index in [1.807, 2.05) is 6.20 Å². The maximum Gasteiger partial charge on any atom is 0.192 e. The fourth-order valence-electron chi connectivity index (χ4n) is 2.64. The second kappa shape index (κ2) is 2.38. The monoisotopic (exact) mass is 201 g/mol. The largest absolute Gasteiger partial charge is 0.473 e. The highest BCUT2D eigenvalue weighted by molar-refractivity contribution is 5.68. The standard InChI is InChI=1S/C13H15NO/c1-12(2)10-6-4-5-7-11(10)14-8-9-15-13(12,14)3/h4-9H,1-3H3. The summed E-state index contributed by atoms with van der Waals surface area (Å²) in [6.45, 7) is 6.62. The van der Waals surface area contributed by atoms with Gasteiger partial charge < -0.3 is 9.64 Å². The molecule has 0 fully saturated rings. The van der Waals surface area contributed by atoms with Crippen molar-refractivity contribution < 1.29 is 4.74 Å². The van der Waals surface area contributed by atoms with Crippen LogP contribution in [0, 0.1) is 0 Å². The van der Waals surface area contributed by atoms with E-state index in [9.17, 15) is 0 Å². The van der Waals surface area contributed by atoms with Crippen LogP contribution in [0.2, 0.25) is 0 Å². The van der Waals surface area contributed by atoms with Gasteiger partial charge in [-0.1, -0.05) is 18.2 Å². The lowest BCUT2D eigenvalue weighted by molar-refractivity contribution is 0.0102. The van der Waals surface area contributed by atoms with Crippen molar-refractivity contribution in [3.63, 3.8) is 0 Å². The van der Waals surface area contributed by atoms with E-state index in [1.54, 1.807) is 6.26 Å². The van der Waals surface area contributed by atoms with Crippen molar-refractivity contribution in [2.75, 3.05) is 4.90 Å². The Balaban J connectivity index is 2.29. The van der Waals surface area contributed by atoms with Crippen LogP contribution < -0.4 is 4.90 Å². The number of ether oxygens (including phenoxy) is 1. The molecule has 78 valence electrons. The number of hydrogen-bond donors (Lipinski definition) is 0. The maximum absolute atomic E-state index is 5.81. The first-order chi connectivity index (χ1) is 7.07. The highest BCUT2D eigenvalue weighted by Gasteiger charge is 2.56. The molecule has 0 saturated heterocycles. The van der Waals surface area contributed by atoms with Gasteiger partial charge in [0.2, 0.25) is 0 Å². The number of fused-ring (bicyclic) bond motifs is 3. The number of nitrogens with zero attached hydrogens (tertiary/aromatic N) is 1. The van der Waals surface area contributed by atoms with E-state index < -0.39 is 0 Å². The maximum atomic E-state index is 5.81. The molecule has 0 aliphatic carbocycles. The average Bonchev–Trinajstić information content (AvgIpc) is 2.67. The number of rotatable bonds is 0. The van der Waals surface area contributed by atoms with Gasteiger partial charge >= 0.3 is 0 Å². The van der Waals surface area contributed by atoms with Crippen LogP contribution in [-0.2, 0) is 10.2 Å². The molecular weight excluding hydrogens is 186 g/mol. The zero-order valence-electron chi connectivity index (χ0n) is 9.32.